The molecule has 8 heteroatoms. The molecule has 18 heavy (non-hydrogen) atoms. The van der Waals surface area contributed by atoms with Crippen LogP contribution in [0.4, 0.5) is 0 Å². The molecule has 1 aliphatic rings. The zero-order valence-corrected chi connectivity index (χ0v) is 13.6. The molecule has 0 spiro atoms. The van der Waals surface area contributed by atoms with Crippen LogP contribution in [-0.2, 0) is 10.0 Å². The van der Waals surface area contributed by atoms with Crippen LogP contribution in [0.5, 0.6) is 0 Å². The third-order valence-corrected chi connectivity index (χ3v) is 6.46. The van der Waals surface area contributed by atoms with Crippen LogP contribution in [0, 0.1) is 0 Å². The molecule has 1 aromatic heterocycles. The summed E-state index contributed by atoms with van der Waals surface area (Å²) in [4.78, 5) is 3.93. The van der Waals surface area contributed by atoms with Crippen molar-refractivity contribution in [1.29, 1.82) is 0 Å². The van der Waals surface area contributed by atoms with E-state index >= 15 is 0 Å². The number of pyridine rings is 1. The van der Waals surface area contributed by atoms with Crippen molar-refractivity contribution in [2.45, 2.75) is 17.1 Å². The number of rotatable bonds is 2. The van der Waals surface area contributed by atoms with E-state index in [1.165, 1.54) is 16.6 Å². The normalized spacial score (nSPS) is 22.1. The van der Waals surface area contributed by atoms with Crippen molar-refractivity contribution in [3.05, 3.63) is 21.9 Å². The van der Waals surface area contributed by atoms with E-state index < -0.39 is 10.0 Å². The Hall–Kier alpha value is 0.180. The van der Waals surface area contributed by atoms with Gasteiger partial charge in [0.15, 0.2) is 0 Å². The van der Waals surface area contributed by atoms with Gasteiger partial charge in [-0.15, -0.1) is 0 Å². The fourth-order valence-electron chi connectivity index (χ4n) is 1.73. The van der Waals surface area contributed by atoms with Crippen molar-refractivity contribution in [3.8, 4) is 0 Å². The Morgan fingerprint density at radius 1 is 1.61 bits per heavy atom. The van der Waals surface area contributed by atoms with Crippen LogP contribution in [0.2, 0.25) is 5.15 Å². The Morgan fingerprint density at radius 3 is 3.00 bits per heavy atom. The van der Waals surface area contributed by atoms with Crippen molar-refractivity contribution in [2.24, 2.45) is 0 Å². The fourth-order valence-corrected chi connectivity index (χ4v) is 5.40. The zero-order valence-electron chi connectivity index (χ0n) is 9.64. The van der Waals surface area contributed by atoms with Crippen molar-refractivity contribution in [2.75, 3.05) is 18.8 Å². The molecular formula is C10H12BrClN2O2S2. The molecule has 2 rings (SSSR count). The van der Waals surface area contributed by atoms with Gasteiger partial charge in [-0.25, -0.2) is 13.4 Å². The molecule has 0 aliphatic carbocycles. The topological polar surface area (TPSA) is 50.3 Å². The summed E-state index contributed by atoms with van der Waals surface area (Å²) in [7, 11) is -3.55. The van der Waals surface area contributed by atoms with Gasteiger partial charge in [0, 0.05) is 34.8 Å². The molecule has 4 nitrogen and oxygen atoms in total. The van der Waals surface area contributed by atoms with Gasteiger partial charge in [0.05, 0.1) is 0 Å². The molecule has 1 unspecified atom stereocenters. The minimum Gasteiger partial charge on any atom is -0.242 e. The summed E-state index contributed by atoms with van der Waals surface area (Å²) in [5, 5.41) is 0.316. The van der Waals surface area contributed by atoms with Crippen LogP contribution in [0.25, 0.3) is 0 Å². The van der Waals surface area contributed by atoms with Gasteiger partial charge < -0.3 is 0 Å². The largest absolute Gasteiger partial charge is 0.246 e. The Labute approximate surface area is 124 Å². The monoisotopic (exact) mass is 370 g/mol. The second-order valence-corrected chi connectivity index (χ2v) is 8.71. The predicted molar refractivity (Wildman–Crippen MR) is 77.6 cm³/mol. The first-order chi connectivity index (χ1) is 8.41. The molecule has 0 saturated carbocycles. The lowest BCUT2D eigenvalue weighted by Gasteiger charge is -2.29. The van der Waals surface area contributed by atoms with Crippen LogP contribution in [-0.4, -0.2) is 41.8 Å². The van der Waals surface area contributed by atoms with Crippen LogP contribution < -0.4 is 0 Å². The Morgan fingerprint density at radius 2 is 2.33 bits per heavy atom. The van der Waals surface area contributed by atoms with Gasteiger partial charge in [0.25, 0.3) is 0 Å². The Bertz CT molecular complexity index is 553. The summed E-state index contributed by atoms with van der Waals surface area (Å²) in [6, 6.07) is 1.50. The molecule has 1 saturated heterocycles. The number of hydrogen-bond acceptors (Lipinski definition) is 4. The standard InChI is InChI=1S/C10H12BrClN2O2S2/c1-7-6-14(2-3-17-7)18(15,16)9-4-8(11)5-13-10(9)12/h4-5,7H,2-3,6H2,1H3. The Kier molecular flexibility index (Phi) is 4.59. The van der Waals surface area contributed by atoms with Gasteiger partial charge in [0.1, 0.15) is 10.0 Å². The highest BCUT2D eigenvalue weighted by atomic mass is 79.9. The van der Waals surface area contributed by atoms with E-state index in [-0.39, 0.29) is 10.0 Å². The maximum atomic E-state index is 12.5. The van der Waals surface area contributed by atoms with Gasteiger partial charge in [-0.3, -0.25) is 0 Å². The number of nitrogens with zero attached hydrogens (tertiary/aromatic N) is 2. The Balaban J connectivity index is 2.38. The summed E-state index contributed by atoms with van der Waals surface area (Å²) in [6.07, 6.45) is 1.48. The van der Waals surface area contributed by atoms with Gasteiger partial charge in [-0.2, -0.15) is 16.1 Å². The number of sulfonamides is 1. The highest BCUT2D eigenvalue weighted by Gasteiger charge is 2.31. The molecule has 0 N–H and O–H groups in total. The predicted octanol–water partition coefficient (Wildman–Crippen LogP) is 2.62. The van der Waals surface area contributed by atoms with Gasteiger partial charge >= 0.3 is 0 Å². The van der Waals surface area contributed by atoms with Crippen LogP contribution in [0.3, 0.4) is 0 Å². The minimum atomic E-state index is -3.55. The lowest BCUT2D eigenvalue weighted by Crippen LogP contribution is -2.41. The van der Waals surface area contributed by atoms with Gasteiger partial charge in [-0.1, -0.05) is 18.5 Å². The lowest BCUT2D eigenvalue weighted by molar-refractivity contribution is 0.424. The zero-order chi connectivity index (χ0) is 13.3. The van der Waals surface area contributed by atoms with Crippen molar-refractivity contribution < 1.29 is 8.42 Å². The molecule has 1 fully saturated rings. The van der Waals surface area contributed by atoms with Crippen molar-refractivity contribution in [3.63, 3.8) is 0 Å². The highest BCUT2D eigenvalue weighted by Crippen LogP contribution is 2.29. The third kappa shape index (κ3) is 3.01. The SMILES string of the molecule is CC1CN(S(=O)(=O)c2cc(Br)cnc2Cl)CCS1. The number of aromatic nitrogens is 1. The summed E-state index contributed by atoms with van der Waals surface area (Å²) in [5.41, 5.74) is 0. The summed E-state index contributed by atoms with van der Waals surface area (Å²) in [5.74, 6) is 0.805. The van der Waals surface area contributed by atoms with E-state index in [9.17, 15) is 8.42 Å². The average molecular weight is 372 g/mol. The molecule has 0 radical (unpaired) electrons. The first kappa shape index (κ1) is 14.6. The first-order valence-corrected chi connectivity index (χ1v) is 9.00. The smallest absolute Gasteiger partial charge is 0.242 e. The molecule has 2 heterocycles. The maximum Gasteiger partial charge on any atom is 0.246 e. The van der Waals surface area contributed by atoms with Crippen LogP contribution in [0.15, 0.2) is 21.6 Å². The summed E-state index contributed by atoms with van der Waals surface area (Å²) < 4.78 is 27.0. The van der Waals surface area contributed by atoms with E-state index in [1.807, 2.05) is 6.92 Å². The van der Waals surface area contributed by atoms with Crippen molar-refractivity contribution in [1.82, 2.24) is 9.29 Å². The number of halogens is 2. The number of thioether (sulfide) groups is 1. The first-order valence-electron chi connectivity index (χ1n) is 5.34. The van der Waals surface area contributed by atoms with Crippen molar-refractivity contribution >= 4 is 49.3 Å². The van der Waals surface area contributed by atoms with E-state index in [4.69, 9.17) is 11.6 Å². The molecular weight excluding hydrogens is 360 g/mol. The molecule has 100 valence electrons. The van der Waals surface area contributed by atoms with Gasteiger partial charge in [-0.05, 0) is 22.0 Å². The number of hydrogen-bond donors (Lipinski definition) is 0. The van der Waals surface area contributed by atoms with Crippen LogP contribution in [0.1, 0.15) is 6.92 Å². The second kappa shape index (κ2) is 5.66. The van der Waals surface area contributed by atoms with E-state index in [1.54, 1.807) is 11.8 Å². The van der Waals surface area contributed by atoms with E-state index in [0.717, 1.165) is 5.75 Å². The lowest BCUT2D eigenvalue weighted by atomic mass is 10.4. The average Bonchev–Trinajstić information content (AvgIpc) is 2.32. The maximum absolute atomic E-state index is 12.5. The quantitative estimate of drug-likeness (QED) is 0.750. The molecule has 0 amide bonds. The summed E-state index contributed by atoms with van der Waals surface area (Å²) in [6.45, 7) is 3.04. The fraction of sp³-hybridized carbons (Fsp3) is 0.500. The van der Waals surface area contributed by atoms with E-state index in [2.05, 4.69) is 20.9 Å². The summed E-state index contributed by atoms with van der Waals surface area (Å²) >= 11 is 10.9. The molecule has 1 aromatic rings. The van der Waals surface area contributed by atoms with E-state index in [0.29, 0.717) is 22.8 Å². The minimum absolute atomic E-state index is 0.0177. The van der Waals surface area contributed by atoms with Crippen LogP contribution >= 0.6 is 39.3 Å². The molecule has 1 aliphatic heterocycles. The molecule has 0 bridgehead atoms. The molecule has 1 atom stereocenters. The highest BCUT2D eigenvalue weighted by molar-refractivity contribution is 9.10. The third-order valence-electron chi connectivity index (χ3n) is 2.60. The second-order valence-electron chi connectivity index (χ2n) is 3.99. The molecule has 0 aromatic carbocycles. The van der Waals surface area contributed by atoms with Gasteiger partial charge in [0.2, 0.25) is 10.0 Å².